The average molecular weight is 909 g/mol. The van der Waals surface area contributed by atoms with Gasteiger partial charge in [0, 0.05) is 23.5 Å². The van der Waals surface area contributed by atoms with Crippen LogP contribution in [0.4, 0.5) is 0 Å². The Kier molecular flexibility index (Phi) is 22.6. The molecule has 0 saturated carbocycles. The molecule has 362 valence electrons. The number of aromatic nitrogens is 1. The molecule has 1 aliphatic heterocycles. The minimum absolute atomic E-state index is 0.0145. The molecule has 7 amide bonds. The number of para-hydroxylation sites is 1. The predicted molar refractivity (Wildman–Crippen MR) is 251 cm³/mol. The van der Waals surface area contributed by atoms with Crippen LogP contribution < -0.4 is 60.6 Å². The molecule has 65 heavy (non-hydrogen) atoms. The van der Waals surface area contributed by atoms with Gasteiger partial charge in [0.15, 0.2) is 0 Å². The molecule has 1 aliphatic rings. The van der Waals surface area contributed by atoms with E-state index < -0.39 is 82.6 Å². The minimum Gasteiger partial charge on any atom is -0.368 e. The van der Waals surface area contributed by atoms with E-state index in [1.807, 2.05) is 43.3 Å². The normalized spacial score (nSPS) is 24.6. The second-order valence-corrected chi connectivity index (χ2v) is 17.6. The van der Waals surface area contributed by atoms with Crippen LogP contribution in [0.15, 0.2) is 42.6 Å². The smallest absolute Gasteiger partial charge is 0.246 e. The molecule has 1 aromatic heterocycles. The molecule has 2 heterocycles. The predicted octanol–water partition coefficient (Wildman–Crippen LogP) is 0.529. The maximum Gasteiger partial charge on any atom is 0.246 e. The Morgan fingerprint density at radius 2 is 1.38 bits per heavy atom. The standard InChI is InChI=1S/C46H76N12O7/c1-4-5-19-36-42(63)58-46(3,43(64)55-34(38(51)59)21-15-26-48)24-13-9-7-6-8-12-23-45(2,57-39(60)32(50)18-14-25-47)44(65)56-37(28-30-29-52-33-20-11-10-17-31(30)33)41(62)53-35(22-16-27-49)40(61)54-36/h6-7,10-11,17,20,29,32,34-37,52H,4-5,8-9,12-16,18-19,21-28,47-50H2,1-3H3,(H2,51,59)(H,53,62)(H,54,61)(H,55,64)(H,56,65)(H,57,60)(H,58,63)/b7-6+/t32-,34-,35-,36-,37-,45-,46-/m0/s1. The topological polar surface area (TPSA) is 338 Å². The Hall–Kier alpha value is -5.37. The van der Waals surface area contributed by atoms with Crippen molar-refractivity contribution in [3.05, 3.63) is 48.2 Å². The average Bonchev–Trinajstić information content (AvgIpc) is 3.69. The van der Waals surface area contributed by atoms with Crippen molar-refractivity contribution in [2.45, 2.75) is 165 Å². The maximum atomic E-state index is 14.6. The Morgan fingerprint density at radius 1 is 0.785 bits per heavy atom. The third kappa shape index (κ3) is 16.9. The van der Waals surface area contributed by atoms with Crippen LogP contribution in [0.25, 0.3) is 10.9 Å². The monoisotopic (exact) mass is 909 g/mol. The van der Waals surface area contributed by atoms with Gasteiger partial charge in [0.25, 0.3) is 0 Å². The van der Waals surface area contributed by atoms with Gasteiger partial charge in [-0.1, -0.05) is 50.1 Å². The van der Waals surface area contributed by atoms with Gasteiger partial charge in [0.05, 0.1) is 6.04 Å². The molecule has 1 aromatic carbocycles. The van der Waals surface area contributed by atoms with Gasteiger partial charge in [-0.3, -0.25) is 33.6 Å². The molecular formula is C46H76N12O7. The van der Waals surface area contributed by atoms with E-state index in [0.717, 1.165) is 16.5 Å². The largest absolute Gasteiger partial charge is 0.368 e. The third-order valence-corrected chi connectivity index (χ3v) is 12.0. The number of nitrogens with one attached hydrogen (secondary N) is 7. The van der Waals surface area contributed by atoms with Gasteiger partial charge in [-0.2, -0.15) is 0 Å². The van der Waals surface area contributed by atoms with Crippen LogP contribution in [0.3, 0.4) is 0 Å². The summed E-state index contributed by atoms with van der Waals surface area (Å²) in [6.07, 6.45) is 11.2. The van der Waals surface area contributed by atoms with Gasteiger partial charge in [-0.15, -0.1) is 0 Å². The van der Waals surface area contributed by atoms with E-state index in [2.05, 4.69) is 36.9 Å². The SMILES string of the molecule is CCCC[C@@H]1NC(=O)[C@H](CCCN)NC(=O)[C@H](Cc2c[nH]c3ccccc23)NC(=O)[C@@](C)(NC(=O)[C@@H](N)CCCN)CCC/C=C/CCC[C@@](C)(C(=O)N[C@@H](CCCN)C(N)=O)NC1=O. The molecule has 3 rings (SSSR count). The highest BCUT2D eigenvalue weighted by atomic mass is 16.2. The number of unbranched alkanes of at least 4 members (excludes halogenated alkanes) is 1. The van der Waals surface area contributed by atoms with Gasteiger partial charge in [-0.25, -0.2) is 0 Å². The molecule has 0 bridgehead atoms. The molecule has 19 nitrogen and oxygen atoms in total. The number of primary amides is 1. The lowest BCUT2D eigenvalue weighted by Crippen LogP contribution is -2.64. The summed E-state index contributed by atoms with van der Waals surface area (Å²) in [5.41, 5.74) is 27.6. The van der Waals surface area contributed by atoms with E-state index in [9.17, 15) is 33.6 Å². The molecule has 2 aromatic rings. The zero-order valence-corrected chi connectivity index (χ0v) is 38.6. The summed E-state index contributed by atoms with van der Waals surface area (Å²) >= 11 is 0. The fourth-order valence-corrected chi connectivity index (χ4v) is 7.83. The molecular weight excluding hydrogens is 833 g/mol. The van der Waals surface area contributed by atoms with Gasteiger partial charge in [0.2, 0.25) is 41.4 Å². The first-order valence-corrected chi connectivity index (χ1v) is 23.2. The number of hydrogen-bond acceptors (Lipinski definition) is 11. The Morgan fingerprint density at radius 3 is 2.03 bits per heavy atom. The molecule has 0 fully saturated rings. The number of hydrogen-bond donors (Lipinski definition) is 12. The summed E-state index contributed by atoms with van der Waals surface area (Å²) in [5, 5.41) is 17.9. The van der Waals surface area contributed by atoms with E-state index >= 15 is 0 Å². The van der Waals surface area contributed by atoms with Crippen molar-refractivity contribution >= 4 is 52.3 Å². The van der Waals surface area contributed by atoms with Gasteiger partial charge < -0.3 is 65.6 Å². The summed E-state index contributed by atoms with van der Waals surface area (Å²) in [6.45, 7) is 5.91. The van der Waals surface area contributed by atoms with Crippen molar-refractivity contribution in [2.24, 2.45) is 28.7 Å². The van der Waals surface area contributed by atoms with Gasteiger partial charge in [0.1, 0.15) is 35.2 Å². The van der Waals surface area contributed by atoms with E-state index in [1.54, 1.807) is 20.0 Å². The van der Waals surface area contributed by atoms with Crippen LogP contribution >= 0.6 is 0 Å². The number of carbonyl (C=O) groups excluding carboxylic acids is 7. The number of fused-ring (bicyclic) bond motifs is 1. The van der Waals surface area contributed by atoms with Gasteiger partial charge >= 0.3 is 0 Å². The summed E-state index contributed by atoms with van der Waals surface area (Å²) in [7, 11) is 0. The number of aromatic amines is 1. The summed E-state index contributed by atoms with van der Waals surface area (Å²) in [5.74, 6) is -4.49. The fourth-order valence-electron chi connectivity index (χ4n) is 7.83. The summed E-state index contributed by atoms with van der Waals surface area (Å²) in [6, 6.07) is 2.01. The number of benzene rings is 1. The number of amides is 7. The molecule has 0 unspecified atom stereocenters. The van der Waals surface area contributed by atoms with Crippen LogP contribution in [0.1, 0.15) is 123 Å². The lowest BCUT2D eigenvalue weighted by atomic mass is 9.91. The zero-order chi connectivity index (χ0) is 48.0. The molecule has 7 atom stereocenters. The van der Waals surface area contributed by atoms with Crippen LogP contribution in [-0.2, 0) is 40.0 Å². The summed E-state index contributed by atoms with van der Waals surface area (Å²) in [4.78, 5) is 101. The zero-order valence-electron chi connectivity index (χ0n) is 38.6. The number of rotatable bonds is 19. The Labute approximate surface area is 383 Å². The Bertz CT molecular complexity index is 1920. The number of allylic oxidation sites excluding steroid dienone is 2. The molecule has 19 heteroatoms. The minimum atomic E-state index is -1.53. The van der Waals surface area contributed by atoms with E-state index in [-0.39, 0.29) is 51.6 Å². The molecule has 0 spiro atoms. The van der Waals surface area contributed by atoms with Crippen molar-refractivity contribution in [3.8, 4) is 0 Å². The van der Waals surface area contributed by atoms with Crippen molar-refractivity contribution < 1.29 is 33.6 Å². The highest BCUT2D eigenvalue weighted by Crippen LogP contribution is 2.22. The number of carbonyl (C=O) groups is 7. The molecule has 0 aliphatic carbocycles. The van der Waals surface area contributed by atoms with Crippen LogP contribution in [0.5, 0.6) is 0 Å². The van der Waals surface area contributed by atoms with Crippen molar-refractivity contribution in [1.82, 2.24) is 36.9 Å². The second kappa shape index (κ2) is 27.2. The van der Waals surface area contributed by atoms with Gasteiger partial charge in [-0.05, 0) is 129 Å². The molecule has 17 N–H and O–H groups in total. The van der Waals surface area contributed by atoms with Crippen LogP contribution in [0, 0.1) is 0 Å². The first-order valence-electron chi connectivity index (χ1n) is 23.2. The van der Waals surface area contributed by atoms with Crippen LogP contribution in [-0.4, -0.2) is 107 Å². The molecule has 0 saturated heterocycles. The van der Waals surface area contributed by atoms with E-state index in [4.69, 9.17) is 28.7 Å². The van der Waals surface area contributed by atoms with Crippen molar-refractivity contribution in [3.63, 3.8) is 0 Å². The first kappa shape index (κ1) is 54.0. The lowest BCUT2D eigenvalue weighted by molar-refractivity contribution is -0.138. The maximum absolute atomic E-state index is 14.6. The first-order chi connectivity index (χ1) is 31.0. The highest BCUT2D eigenvalue weighted by Gasteiger charge is 2.40. The lowest BCUT2D eigenvalue weighted by Gasteiger charge is -2.33. The fraction of sp³-hybridized carbons (Fsp3) is 0.630. The van der Waals surface area contributed by atoms with E-state index in [1.165, 1.54) is 0 Å². The highest BCUT2D eigenvalue weighted by molar-refractivity contribution is 5.99. The quantitative estimate of drug-likeness (QED) is 0.0863. The Balaban J connectivity index is 2.11. The number of nitrogens with two attached hydrogens (primary N) is 5. The number of H-pyrrole nitrogens is 1. The third-order valence-electron chi connectivity index (χ3n) is 12.0. The van der Waals surface area contributed by atoms with Crippen LogP contribution in [0.2, 0.25) is 0 Å². The van der Waals surface area contributed by atoms with E-state index in [0.29, 0.717) is 70.8 Å². The summed E-state index contributed by atoms with van der Waals surface area (Å²) < 4.78 is 0. The van der Waals surface area contributed by atoms with Crippen molar-refractivity contribution in [2.75, 3.05) is 19.6 Å². The van der Waals surface area contributed by atoms with Crippen molar-refractivity contribution in [1.29, 1.82) is 0 Å². The molecule has 0 radical (unpaired) electrons. The second-order valence-electron chi connectivity index (χ2n) is 17.6.